The Labute approximate surface area is 83.7 Å². The first-order valence-electron chi connectivity index (χ1n) is 3.55. The van der Waals surface area contributed by atoms with E-state index in [9.17, 15) is 4.79 Å². The third-order valence-corrected chi connectivity index (χ3v) is 1.65. The van der Waals surface area contributed by atoms with Crippen LogP contribution in [0.4, 0.5) is 0 Å². The number of rotatable bonds is 2. The minimum absolute atomic E-state index is 0.0679. The normalized spacial score (nSPS) is 9.77. The van der Waals surface area contributed by atoms with E-state index in [4.69, 9.17) is 0 Å². The fraction of sp³-hybridized carbons (Fsp3) is 0.429. The number of hydrogen-bond donors (Lipinski definition) is 0. The summed E-state index contributed by atoms with van der Waals surface area (Å²) >= 11 is 3.11. The number of aromatic nitrogens is 3. The summed E-state index contributed by atoms with van der Waals surface area (Å²) in [6, 6.07) is 0. The Morgan fingerprint density at radius 2 is 2.15 bits per heavy atom. The van der Waals surface area contributed by atoms with E-state index in [1.165, 1.54) is 7.11 Å². The summed E-state index contributed by atoms with van der Waals surface area (Å²) in [7, 11) is 1.32. The molecule has 0 unspecified atom stereocenters. The molecule has 0 saturated heterocycles. The van der Waals surface area contributed by atoms with E-state index >= 15 is 0 Å². The Bertz CT molecular complexity index is 309. The SMILES string of the molecule is COC(=O)Cc1nc(C)nc(Br)n1. The first-order valence-corrected chi connectivity index (χ1v) is 4.35. The van der Waals surface area contributed by atoms with Crippen molar-refractivity contribution in [3.8, 4) is 0 Å². The minimum atomic E-state index is -0.363. The molecule has 0 spiro atoms. The van der Waals surface area contributed by atoms with Crippen LogP contribution in [0.15, 0.2) is 4.73 Å². The van der Waals surface area contributed by atoms with Crippen molar-refractivity contribution in [3.05, 3.63) is 16.4 Å². The zero-order chi connectivity index (χ0) is 9.84. The summed E-state index contributed by atoms with van der Waals surface area (Å²) in [5, 5.41) is 0. The summed E-state index contributed by atoms with van der Waals surface area (Å²) < 4.78 is 4.91. The zero-order valence-corrected chi connectivity index (χ0v) is 8.83. The van der Waals surface area contributed by atoms with Crippen LogP contribution in [0.1, 0.15) is 11.6 Å². The molecule has 13 heavy (non-hydrogen) atoms. The number of carbonyl (C=O) groups excluding carboxylic acids is 1. The highest BCUT2D eigenvalue weighted by atomic mass is 79.9. The van der Waals surface area contributed by atoms with E-state index in [1.807, 2.05) is 0 Å². The molecule has 1 aromatic rings. The van der Waals surface area contributed by atoms with Crippen LogP contribution in [0.5, 0.6) is 0 Å². The van der Waals surface area contributed by atoms with Gasteiger partial charge in [0.1, 0.15) is 18.1 Å². The molecule has 6 heteroatoms. The second-order valence-electron chi connectivity index (χ2n) is 2.32. The van der Waals surface area contributed by atoms with Crippen LogP contribution < -0.4 is 0 Å². The number of aryl methyl sites for hydroxylation is 1. The lowest BCUT2D eigenvalue weighted by atomic mass is 10.4. The molecule has 0 aliphatic rings. The fourth-order valence-corrected chi connectivity index (χ4v) is 1.24. The molecule has 5 nitrogen and oxygen atoms in total. The lowest BCUT2D eigenvalue weighted by Crippen LogP contribution is -2.09. The number of nitrogens with zero attached hydrogens (tertiary/aromatic N) is 3. The molecule has 0 radical (unpaired) electrons. The molecule has 1 rings (SSSR count). The standard InChI is InChI=1S/C7H8BrN3O2/c1-4-9-5(3-6(12)13-2)11-7(8)10-4/h3H2,1-2H3. The van der Waals surface area contributed by atoms with Crippen molar-refractivity contribution in [2.45, 2.75) is 13.3 Å². The largest absolute Gasteiger partial charge is 0.469 e. The number of hydrogen-bond acceptors (Lipinski definition) is 5. The van der Waals surface area contributed by atoms with Gasteiger partial charge in [0.05, 0.1) is 7.11 Å². The minimum Gasteiger partial charge on any atom is -0.469 e. The second-order valence-corrected chi connectivity index (χ2v) is 3.03. The maximum Gasteiger partial charge on any atom is 0.313 e. The second kappa shape index (κ2) is 4.27. The Kier molecular flexibility index (Phi) is 3.30. The van der Waals surface area contributed by atoms with Crippen molar-refractivity contribution in [2.24, 2.45) is 0 Å². The van der Waals surface area contributed by atoms with Crippen LogP contribution in [0, 0.1) is 6.92 Å². The molecule has 0 saturated carbocycles. The summed E-state index contributed by atoms with van der Waals surface area (Å²) in [5.74, 6) is 0.615. The Morgan fingerprint density at radius 3 is 2.69 bits per heavy atom. The summed E-state index contributed by atoms with van der Waals surface area (Å²) in [5.41, 5.74) is 0. The molecule has 0 bridgehead atoms. The van der Waals surface area contributed by atoms with Crippen molar-refractivity contribution >= 4 is 21.9 Å². The van der Waals surface area contributed by atoms with Crippen LogP contribution in [-0.4, -0.2) is 28.0 Å². The topological polar surface area (TPSA) is 65.0 Å². The van der Waals surface area contributed by atoms with Crippen molar-refractivity contribution in [3.63, 3.8) is 0 Å². The quantitative estimate of drug-likeness (QED) is 0.717. The van der Waals surface area contributed by atoms with Gasteiger partial charge in [-0.25, -0.2) is 15.0 Å². The monoisotopic (exact) mass is 245 g/mol. The predicted octanol–water partition coefficient (Wildman–Crippen LogP) is 0.658. The summed E-state index contributed by atoms with van der Waals surface area (Å²) in [4.78, 5) is 22.7. The molecule has 0 aliphatic heterocycles. The van der Waals surface area contributed by atoms with E-state index in [0.717, 1.165) is 0 Å². The Balaban J connectivity index is 2.83. The van der Waals surface area contributed by atoms with E-state index in [2.05, 4.69) is 35.6 Å². The highest BCUT2D eigenvalue weighted by molar-refractivity contribution is 9.10. The molecule has 1 heterocycles. The van der Waals surface area contributed by atoms with Crippen molar-refractivity contribution in [2.75, 3.05) is 7.11 Å². The van der Waals surface area contributed by atoms with Gasteiger partial charge in [-0.2, -0.15) is 0 Å². The molecular weight excluding hydrogens is 238 g/mol. The third kappa shape index (κ3) is 3.06. The smallest absolute Gasteiger partial charge is 0.313 e. The average Bonchev–Trinajstić information content (AvgIpc) is 2.02. The molecular formula is C7H8BrN3O2. The van der Waals surface area contributed by atoms with E-state index < -0.39 is 0 Å². The van der Waals surface area contributed by atoms with Crippen LogP contribution >= 0.6 is 15.9 Å². The Hall–Kier alpha value is -1.04. The Morgan fingerprint density at radius 1 is 1.46 bits per heavy atom. The van der Waals surface area contributed by atoms with Crippen LogP contribution in [0.3, 0.4) is 0 Å². The summed E-state index contributed by atoms with van der Waals surface area (Å²) in [6.45, 7) is 1.73. The van der Waals surface area contributed by atoms with Gasteiger partial charge in [0.2, 0.25) is 0 Å². The van der Waals surface area contributed by atoms with Gasteiger partial charge in [-0.15, -0.1) is 0 Å². The lowest BCUT2D eigenvalue weighted by molar-refractivity contribution is -0.139. The number of ether oxygens (including phenoxy) is 1. The number of esters is 1. The van der Waals surface area contributed by atoms with Gasteiger partial charge >= 0.3 is 5.97 Å². The maximum absolute atomic E-state index is 10.9. The van der Waals surface area contributed by atoms with Crippen molar-refractivity contribution in [1.82, 2.24) is 15.0 Å². The average molecular weight is 246 g/mol. The number of halogens is 1. The van der Waals surface area contributed by atoms with E-state index in [-0.39, 0.29) is 12.4 Å². The lowest BCUT2D eigenvalue weighted by Gasteiger charge is -1.99. The van der Waals surface area contributed by atoms with E-state index in [0.29, 0.717) is 16.4 Å². The number of methoxy groups -OCH3 is 1. The number of carbonyl (C=O) groups is 1. The summed E-state index contributed by atoms with van der Waals surface area (Å²) in [6.07, 6.45) is 0.0679. The molecule has 0 fully saturated rings. The molecule has 0 N–H and O–H groups in total. The first-order chi connectivity index (χ1) is 6.11. The molecule has 70 valence electrons. The first kappa shape index (κ1) is 10.0. The molecule has 0 aromatic carbocycles. The highest BCUT2D eigenvalue weighted by Gasteiger charge is 2.07. The van der Waals surface area contributed by atoms with Crippen LogP contribution in [0.2, 0.25) is 0 Å². The maximum atomic E-state index is 10.9. The van der Waals surface area contributed by atoms with Gasteiger partial charge < -0.3 is 4.74 Å². The van der Waals surface area contributed by atoms with E-state index in [1.54, 1.807) is 6.92 Å². The van der Waals surface area contributed by atoms with Gasteiger partial charge in [-0.1, -0.05) is 0 Å². The molecule has 0 amide bonds. The van der Waals surface area contributed by atoms with Crippen LogP contribution in [0.25, 0.3) is 0 Å². The van der Waals surface area contributed by atoms with Crippen LogP contribution in [-0.2, 0) is 16.0 Å². The fourth-order valence-electron chi connectivity index (χ4n) is 0.782. The van der Waals surface area contributed by atoms with Gasteiger partial charge in [-0.05, 0) is 22.9 Å². The molecule has 0 atom stereocenters. The van der Waals surface area contributed by atoms with Gasteiger partial charge in [0.15, 0.2) is 4.73 Å². The van der Waals surface area contributed by atoms with Crippen molar-refractivity contribution < 1.29 is 9.53 Å². The highest BCUT2D eigenvalue weighted by Crippen LogP contribution is 2.03. The molecule has 1 aromatic heterocycles. The third-order valence-electron chi connectivity index (χ3n) is 1.30. The predicted molar refractivity (Wildman–Crippen MR) is 48.0 cm³/mol. The molecule has 0 aliphatic carbocycles. The van der Waals surface area contributed by atoms with Gasteiger partial charge in [-0.3, -0.25) is 4.79 Å². The van der Waals surface area contributed by atoms with Gasteiger partial charge in [0, 0.05) is 0 Å². The zero-order valence-electron chi connectivity index (χ0n) is 7.24. The van der Waals surface area contributed by atoms with Crippen molar-refractivity contribution in [1.29, 1.82) is 0 Å². The van der Waals surface area contributed by atoms with Gasteiger partial charge in [0.25, 0.3) is 0 Å².